The van der Waals surface area contributed by atoms with Crippen molar-refractivity contribution in [1.82, 2.24) is 0 Å². The summed E-state index contributed by atoms with van der Waals surface area (Å²) < 4.78 is 5.43. The van der Waals surface area contributed by atoms with E-state index in [-0.39, 0.29) is 0 Å². The van der Waals surface area contributed by atoms with Crippen LogP contribution in [0.2, 0.25) is 0 Å². The van der Waals surface area contributed by atoms with E-state index in [1.54, 1.807) is 0 Å². The van der Waals surface area contributed by atoms with E-state index in [0.29, 0.717) is 24.7 Å². The Bertz CT molecular complexity index is 367. The average Bonchev–Trinajstić information content (AvgIpc) is 2.55. The molecule has 0 aliphatic heterocycles. The van der Waals surface area contributed by atoms with Gasteiger partial charge in [-0.2, -0.15) is 0 Å². The van der Waals surface area contributed by atoms with Gasteiger partial charge >= 0.3 is 0 Å². The van der Waals surface area contributed by atoms with Crippen LogP contribution in [0, 0.1) is 0 Å². The topological polar surface area (TPSA) is 26.3 Å². The van der Waals surface area contributed by atoms with E-state index in [1.807, 2.05) is 19.1 Å². The van der Waals surface area contributed by atoms with Crippen molar-refractivity contribution < 1.29 is 9.53 Å². The lowest BCUT2D eigenvalue weighted by Gasteiger charge is -2.14. The second kappa shape index (κ2) is 5.85. The third kappa shape index (κ3) is 3.32. The molecule has 0 amide bonds. The molecule has 0 spiro atoms. The number of benzene rings is 1. The predicted octanol–water partition coefficient (Wildman–Crippen LogP) is 3.70. The molecule has 0 saturated heterocycles. The molecule has 0 bridgehead atoms. The van der Waals surface area contributed by atoms with Crippen molar-refractivity contribution in [3.05, 3.63) is 29.8 Å². The summed E-state index contributed by atoms with van der Waals surface area (Å²) in [5.41, 5.74) is 1.28. The van der Waals surface area contributed by atoms with Gasteiger partial charge in [0.15, 0.2) is 0 Å². The van der Waals surface area contributed by atoms with E-state index < -0.39 is 0 Å². The van der Waals surface area contributed by atoms with Gasteiger partial charge in [0, 0.05) is 12.8 Å². The van der Waals surface area contributed by atoms with Gasteiger partial charge in [0.2, 0.25) is 0 Å². The Labute approximate surface area is 103 Å². The minimum Gasteiger partial charge on any atom is -0.494 e. The van der Waals surface area contributed by atoms with Crippen molar-refractivity contribution >= 4 is 5.78 Å². The summed E-state index contributed by atoms with van der Waals surface area (Å²) in [6, 6.07) is 8.23. The molecule has 92 valence electrons. The van der Waals surface area contributed by atoms with Crippen molar-refractivity contribution in [2.45, 2.75) is 44.9 Å². The highest BCUT2D eigenvalue weighted by Crippen LogP contribution is 2.30. The number of Topliss-reactive ketones (excluding diaryl/α,β-unsaturated/α-hetero) is 1. The Hall–Kier alpha value is -1.31. The maximum absolute atomic E-state index is 11.6. The molecule has 1 fully saturated rings. The predicted molar refractivity (Wildman–Crippen MR) is 68.4 cm³/mol. The number of carbonyl (C=O) groups is 1. The molecule has 0 radical (unpaired) electrons. The monoisotopic (exact) mass is 232 g/mol. The molecule has 17 heavy (non-hydrogen) atoms. The number of ether oxygens (including phenoxy) is 1. The fourth-order valence-electron chi connectivity index (χ4n) is 2.48. The van der Waals surface area contributed by atoms with Crippen LogP contribution >= 0.6 is 0 Å². The molecule has 1 unspecified atom stereocenters. The second-order valence-electron chi connectivity index (χ2n) is 4.69. The lowest BCUT2D eigenvalue weighted by molar-refractivity contribution is -0.119. The highest BCUT2D eigenvalue weighted by molar-refractivity contribution is 5.79. The average molecular weight is 232 g/mol. The van der Waals surface area contributed by atoms with Crippen LogP contribution in [-0.4, -0.2) is 12.4 Å². The summed E-state index contributed by atoms with van der Waals surface area (Å²) in [7, 11) is 0. The maximum atomic E-state index is 11.6. The molecule has 0 N–H and O–H groups in total. The maximum Gasteiger partial charge on any atom is 0.133 e. The van der Waals surface area contributed by atoms with E-state index in [0.717, 1.165) is 25.0 Å². The molecule has 2 nitrogen and oxygen atoms in total. The first-order valence-electron chi connectivity index (χ1n) is 6.54. The van der Waals surface area contributed by atoms with Crippen molar-refractivity contribution in [3.8, 4) is 5.75 Å². The lowest BCUT2D eigenvalue weighted by Crippen LogP contribution is -2.03. The van der Waals surface area contributed by atoms with Crippen LogP contribution in [0.3, 0.4) is 0 Å². The van der Waals surface area contributed by atoms with Crippen LogP contribution < -0.4 is 4.74 Å². The largest absolute Gasteiger partial charge is 0.494 e. The third-order valence-electron chi connectivity index (χ3n) is 3.39. The molecule has 1 aromatic carbocycles. The number of hydrogen-bond donors (Lipinski definition) is 0. The smallest absolute Gasteiger partial charge is 0.133 e. The van der Waals surface area contributed by atoms with Gasteiger partial charge in [0.1, 0.15) is 11.5 Å². The van der Waals surface area contributed by atoms with Crippen molar-refractivity contribution in [3.63, 3.8) is 0 Å². The molecular formula is C15H20O2. The Morgan fingerprint density at radius 3 is 2.71 bits per heavy atom. The van der Waals surface area contributed by atoms with E-state index in [2.05, 4.69) is 12.1 Å². The van der Waals surface area contributed by atoms with Crippen LogP contribution in [0.25, 0.3) is 0 Å². The first-order valence-corrected chi connectivity index (χ1v) is 6.54. The molecule has 0 aromatic heterocycles. The molecule has 1 atom stereocenters. The minimum atomic E-state index is 0.417. The Balaban J connectivity index is 2.07. The highest BCUT2D eigenvalue weighted by atomic mass is 16.5. The number of ketones is 1. The summed E-state index contributed by atoms with van der Waals surface area (Å²) in [6.45, 7) is 2.68. The third-order valence-corrected chi connectivity index (χ3v) is 3.39. The van der Waals surface area contributed by atoms with Gasteiger partial charge in [-0.15, -0.1) is 0 Å². The lowest BCUT2D eigenvalue weighted by atomic mass is 9.91. The Morgan fingerprint density at radius 1 is 1.24 bits per heavy atom. The molecule has 1 aromatic rings. The molecule has 2 heteroatoms. The summed E-state index contributed by atoms with van der Waals surface area (Å²) >= 11 is 0. The van der Waals surface area contributed by atoms with Crippen molar-refractivity contribution in [2.24, 2.45) is 0 Å². The van der Waals surface area contributed by atoms with Gasteiger partial charge in [-0.05, 0) is 43.4 Å². The second-order valence-corrected chi connectivity index (χ2v) is 4.69. The molecule has 2 rings (SSSR count). The zero-order chi connectivity index (χ0) is 12.1. The molecular weight excluding hydrogens is 212 g/mol. The summed E-state index contributed by atoms with van der Waals surface area (Å²) in [5, 5.41) is 0. The Kier molecular flexibility index (Phi) is 4.18. The fraction of sp³-hybridized carbons (Fsp3) is 0.533. The highest BCUT2D eigenvalue weighted by Gasteiger charge is 2.19. The van der Waals surface area contributed by atoms with Crippen LogP contribution in [0.4, 0.5) is 0 Å². The summed E-state index contributed by atoms with van der Waals surface area (Å²) in [6.07, 6.45) is 4.86. The minimum absolute atomic E-state index is 0.417. The molecule has 0 heterocycles. The van der Waals surface area contributed by atoms with Crippen LogP contribution in [-0.2, 0) is 4.79 Å². The zero-order valence-corrected chi connectivity index (χ0v) is 10.4. The van der Waals surface area contributed by atoms with Crippen LogP contribution in [0.1, 0.15) is 50.5 Å². The van der Waals surface area contributed by atoms with Gasteiger partial charge in [0.05, 0.1) is 6.61 Å². The van der Waals surface area contributed by atoms with E-state index >= 15 is 0 Å². The van der Waals surface area contributed by atoms with Gasteiger partial charge in [-0.1, -0.05) is 18.6 Å². The number of carbonyl (C=O) groups excluding carboxylic acids is 1. The van der Waals surface area contributed by atoms with Gasteiger partial charge in [-0.3, -0.25) is 4.79 Å². The molecule has 1 aliphatic carbocycles. The van der Waals surface area contributed by atoms with Gasteiger partial charge in [-0.25, -0.2) is 0 Å². The first-order chi connectivity index (χ1) is 8.29. The first kappa shape index (κ1) is 12.2. The van der Waals surface area contributed by atoms with E-state index in [4.69, 9.17) is 4.74 Å². The molecule has 1 aliphatic rings. The van der Waals surface area contributed by atoms with Gasteiger partial charge in [0.25, 0.3) is 0 Å². The quantitative estimate of drug-likeness (QED) is 0.743. The van der Waals surface area contributed by atoms with E-state index in [9.17, 15) is 4.79 Å². The normalized spacial score (nSPS) is 21.0. The number of rotatable bonds is 3. The SMILES string of the molecule is CCOc1ccc(C2CCCCC(=O)C2)cc1. The van der Waals surface area contributed by atoms with Crippen molar-refractivity contribution in [2.75, 3.05) is 6.61 Å². The fourth-order valence-corrected chi connectivity index (χ4v) is 2.48. The summed E-state index contributed by atoms with van der Waals surface area (Å²) in [5.74, 6) is 1.75. The number of hydrogen-bond acceptors (Lipinski definition) is 2. The zero-order valence-electron chi connectivity index (χ0n) is 10.4. The van der Waals surface area contributed by atoms with Gasteiger partial charge < -0.3 is 4.74 Å². The standard InChI is InChI=1S/C15H20O2/c1-2-17-15-9-7-12(8-10-15)13-5-3-4-6-14(16)11-13/h7-10,13H,2-6,11H2,1H3. The van der Waals surface area contributed by atoms with Crippen LogP contribution in [0.15, 0.2) is 24.3 Å². The van der Waals surface area contributed by atoms with E-state index in [1.165, 1.54) is 12.0 Å². The summed E-state index contributed by atoms with van der Waals surface area (Å²) in [4.78, 5) is 11.6. The van der Waals surface area contributed by atoms with Crippen molar-refractivity contribution in [1.29, 1.82) is 0 Å². The van der Waals surface area contributed by atoms with Crippen LogP contribution in [0.5, 0.6) is 5.75 Å². The Morgan fingerprint density at radius 2 is 2.00 bits per heavy atom. The molecule has 1 saturated carbocycles.